The molecule has 0 aliphatic heterocycles. The molecule has 1 saturated carbocycles. The van der Waals surface area contributed by atoms with Gasteiger partial charge in [0.2, 0.25) is 15.9 Å². The number of hydrogen-bond acceptors (Lipinski definition) is 5. The van der Waals surface area contributed by atoms with Crippen LogP contribution in [0.5, 0.6) is 0 Å². The van der Waals surface area contributed by atoms with Crippen LogP contribution in [0.25, 0.3) is 0 Å². The fraction of sp³-hybridized carbons (Fsp3) is 0.600. The van der Waals surface area contributed by atoms with Gasteiger partial charge in [0.05, 0.1) is 5.69 Å². The van der Waals surface area contributed by atoms with E-state index in [1.165, 1.54) is 0 Å². The first-order valence-electron chi connectivity index (χ1n) is 5.60. The molecule has 1 aromatic heterocycles. The van der Waals surface area contributed by atoms with Crippen molar-refractivity contribution in [1.29, 1.82) is 0 Å². The fourth-order valence-electron chi connectivity index (χ4n) is 1.73. The predicted molar refractivity (Wildman–Crippen MR) is 68.7 cm³/mol. The van der Waals surface area contributed by atoms with Crippen molar-refractivity contribution in [2.75, 3.05) is 5.32 Å². The minimum atomic E-state index is -3.77. The lowest BCUT2D eigenvalue weighted by atomic mass is 10.1. The maximum atomic E-state index is 11.8. The Bertz CT molecular complexity index is 575. The average Bonchev–Trinajstić information content (AvgIpc) is 3.01. The van der Waals surface area contributed by atoms with Crippen molar-refractivity contribution in [2.45, 2.75) is 30.9 Å². The molecule has 3 N–H and O–H groups in total. The highest BCUT2D eigenvalue weighted by Gasteiger charge is 2.33. The molecule has 1 fully saturated rings. The van der Waals surface area contributed by atoms with E-state index in [0.717, 1.165) is 24.2 Å². The second-order valence-corrected chi connectivity index (χ2v) is 7.31. The number of aromatic nitrogens is 1. The SMILES string of the molecule is Cc1nc(NC(=O)C(C)C2CC2)sc1S(N)(=O)=O. The number of carbonyl (C=O) groups is 1. The van der Waals surface area contributed by atoms with Crippen LogP contribution in [0.4, 0.5) is 5.13 Å². The summed E-state index contributed by atoms with van der Waals surface area (Å²) in [6.45, 7) is 3.42. The van der Waals surface area contributed by atoms with Crippen molar-refractivity contribution < 1.29 is 13.2 Å². The van der Waals surface area contributed by atoms with Crippen LogP contribution in [0.3, 0.4) is 0 Å². The van der Waals surface area contributed by atoms with Gasteiger partial charge in [0.15, 0.2) is 9.34 Å². The molecule has 1 unspecified atom stereocenters. The first kappa shape index (κ1) is 13.4. The zero-order chi connectivity index (χ0) is 13.5. The van der Waals surface area contributed by atoms with E-state index in [0.29, 0.717) is 11.6 Å². The lowest BCUT2D eigenvalue weighted by Crippen LogP contribution is -2.21. The lowest BCUT2D eigenvalue weighted by Gasteiger charge is -2.08. The van der Waals surface area contributed by atoms with Crippen molar-refractivity contribution in [3.05, 3.63) is 5.69 Å². The van der Waals surface area contributed by atoms with Gasteiger partial charge in [0.25, 0.3) is 0 Å². The first-order valence-corrected chi connectivity index (χ1v) is 7.96. The summed E-state index contributed by atoms with van der Waals surface area (Å²) >= 11 is 0.888. The van der Waals surface area contributed by atoms with Crippen molar-refractivity contribution in [1.82, 2.24) is 4.98 Å². The Morgan fingerprint density at radius 3 is 2.61 bits per heavy atom. The summed E-state index contributed by atoms with van der Waals surface area (Å²) in [6.07, 6.45) is 2.15. The maximum absolute atomic E-state index is 11.8. The lowest BCUT2D eigenvalue weighted by molar-refractivity contribution is -0.119. The van der Waals surface area contributed by atoms with Gasteiger partial charge in [-0.2, -0.15) is 0 Å². The fourth-order valence-corrected chi connectivity index (χ4v) is 3.59. The van der Waals surface area contributed by atoms with Crippen LogP contribution in [0, 0.1) is 18.8 Å². The van der Waals surface area contributed by atoms with Crippen molar-refractivity contribution >= 4 is 32.4 Å². The normalized spacial score (nSPS) is 17.5. The number of nitrogens with zero attached hydrogens (tertiary/aromatic N) is 1. The van der Waals surface area contributed by atoms with Crippen molar-refractivity contribution in [2.24, 2.45) is 17.0 Å². The molecular weight excluding hydrogens is 274 g/mol. The molecule has 1 aromatic rings. The van der Waals surface area contributed by atoms with E-state index in [-0.39, 0.29) is 21.2 Å². The van der Waals surface area contributed by atoms with Gasteiger partial charge in [-0.05, 0) is 25.7 Å². The molecule has 0 saturated heterocycles. The van der Waals surface area contributed by atoms with Crippen LogP contribution < -0.4 is 10.5 Å². The minimum Gasteiger partial charge on any atom is -0.302 e. The zero-order valence-electron chi connectivity index (χ0n) is 10.1. The average molecular weight is 289 g/mol. The number of nitrogens with one attached hydrogen (secondary N) is 1. The summed E-state index contributed by atoms with van der Waals surface area (Å²) in [7, 11) is -3.77. The highest BCUT2D eigenvalue weighted by molar-refractivity contribution is 7.91. The number of thiazole rings is 1. The molecule has 100 valence electrons. The van der Waals surface area contributed by atoms with Gasteiger partial charge < -0.3 is 5.32 Å². The van der Waals surface area contributed by atoms with Crippen LogP contribution in [-0.4, -0.2) is 19.3 Å². The molecule has 8 heteroatoms. The smallest absolute Gasteiger partial charge is 0.249 e. The van der Waals surface area contributed by atoms with Gasteiger partial charge in [0.1, 0.15) is 0 Å². The Morgan fingerprint density at radius 2 is 2.17 bits per heavy atom. The Hall–Kier alpha value is -0.990. The number of rotatable bonds is 4. The molecule has 18 heavy (non-hydrogen) atoms. The number of primary sulfonamides is 1. The van der Waals surface area contributed by atoms with E-state index in [4.69, 9.17) is 5.14 Å². The quantitative estimate of drug-likeness (QED) is 0.865. The molecule has 0 radical (unpaired) electrons. The topological polar surface area (TPSA) is 102 Å². The maximum Gasteiger partial charge on any atom is 0.249 e. The van der Waals surface area contributed by atoms with Crippen LogP contribution in [0.2, 0.25) is 0 Å². The molecular formula is C10H15N3O3S2. The van der Waals surface area contributed by atoms with E-state index in [1.54, 1.807) is 6.92 Å². The summed E-state index contributed by atoms with van der Waals surface area (Å²) in [6, 6.07) is 0. The van der Waals surface area contributed by atoms with Crippen LogP contribution in [-0.2, 0) is 14.8 Å². The monoisotopic (exact) mass is 289 g/mol. The summed E-state index contributed by atoms with van der Waals surface area (Å²) in [4.78, 5) is 15.8. The number of carbonyl (C=O) groups excluding carboxylic acids is 1. The number of anilines is 1. The van der Waals surface area contributed by atoms with Crippen molar-refractivity contribution in [3.8, 4) is 0 Å². The molecule has 6 nitrogen and oxygen atoms in total. The third kappa shape index (κ3) is 2.88. The summed E-state index contributed by atoms with van der Waals surface area (Å²) < 4.78 is 22.5. The number of hydrogen-bond donors (Lipinski definition) is 2. The molecule has 0 aromatic carbocycles. The standard InChI is InChI=1S/C10H15N3O3S2/c1-5(7-3-4-7)8(14)13-10-12-6(2)9(17-10)18(11,15)16/h5,7H,3-4H2,1-2H3,(H2,11,15,16)(H,12,13,14). The van der Waals surface area contributed by atoms with Gasteiger partial charge in [-0.15, -0.1) is 0 Å². The van der Waals surface area contributed by atoms with Gasteiger partial charge in [0, 0.05) is 5.92 Å². The predicted octanol–water partition coefficient (Wildman–Crippen LogP) is 1.08. The third-order valence-corrected chi connectivity index (χ3v) is 5.61. The Labute approximate surface area is 110 Å². The highest BCUT2D eigenvalue weighted by Crippen LogP contribution is 2.37. The summed E-state index contributed by atoms with van der Waals surface area (Å²) in [5.41, 5.74) is 0.317. The summed E-state index contributed by atoms with van der Waals surface area (Å²) in [5.74, 6) is 0.267. The van der Waals surface area contributed by atoms with Gasteiger partial charge in [-0.3, -0.25) is 4.79 Å². The Balaban J connectivity index is 2.13. The second kappa shape index (κ2) is 4.60. The largest absolute Gasteiger partial charge is 0.302 e. The van der Waals surface area contributed by atoms with Gasteiger partial charge >= 0.3 is 0 Å². The van der Waals surface area contributed by atoms with Crippen LogP contribution >= 0.6 is 11.3 Å². The number of aryl methyl sites for hydroxylation is 1. The molecule has 0 bridgehead atoms. The van der Waals surface area contributed by atoms with Crippen LogP contribution in [0.1, 0.15) is 25.5 Å². The highest BCUT2D eigenvalue weighted by atomic mass is 32.2. The third-order valence-electron chi connectivity index (χ3n) is 2.99. The molecule has 1 aliphatic carbocycles. The molecule has 1 amide bonds. The van der Waals surface area contributed by atoms with Gasteiger partial charge in [-0.25, -0.2) is 18.5 Å². The number of sulfonamides is 1. The molecule has 1 heterocycles. The van der Waals surface area contributed by atoms with E-state index in [9.17, 15) is 13.2 Å². The second-order valence-electron chi connectivity index (χ2n) is 4.55. The molecule has 0 spiro atoms. The molecule has 1 aliphatic rings. The van der Waals surface area contributed by atoms with Crippen LogP contribution in [0.15, 0.2) is 4.21 Å². The Kier molecular flexibility index (Phi) is 3.43. The van der Waals surface area contributed by atoms with E-state index < -0.39 is 10.0 Å². The number of amides is 1. The Morgan fingerprint density at radius 1 is 1.56 bits per heavy atom. The first-order chi connectivity index (χ1) is 8.29. The van der Waals surface area contributed by atoms with Gasteiger partial charge in [-0.1, -0.05) is 18.3 Å². The molecule has 1 atom stereocenters. The minimum absolute atomic E-state index is 0.00289. The summed E-state index contributed by atoms with van der Waals surface area (Å²) in [5, 5.41) is 7.98. The molecule has 2 rings (SSSR count). The van der Waals surface area contributed by atoms with E-state index in [1.807, 2.05) is 6.92 Å². The van der Waals surface area contributed by atoms with E-state index >= 15 is 0 Å². The van der Waals surface area contributed by atoms with Crippen molar-refractivity contribution in [3.63, 3.8) is 0 Å². The zero-order valence-corrected chi connectivity index (χ0v) is 11.8. The van der Waals surface area contributed by atoms with E-state index in [2.05, 4.69) is 10.3 Å². The number of nitrogens with two attached hydrogens (primary N) is 1.